The first kappa shape index (κ1) is 19.7. The molecule has 2 rings (SSSR count). The molecular formula is C23H33NO. The van der Waals surface area contributed by atoms with E-state index in [1.807, 2.05) is 0 Å². The zero-order chi connectivity index (χ0) is 18.4. The largest absolute Gasteiger partial charge is 0.290 e. The zero-order valence-corrected chi connectivity index (χ0v) is 16.6. The van der Waals surface area contributed by atoms with Gasteiger partial charge in [-0.25, -0.2) is 0 Å². The Labute approximate surface area is 153 Å². The van der Waals surface area contributed by atoms with Crippen LogP contribution in [0, 0.1) is 5.92 Å². The van der Waals surface area contributed by atoms with Crippen molar-refractivity contribution in [1.82, 2.24) is 5.06 Å². The molecule has 0 aliphatic heterocycles. The zero-order valence-electron chi connectivity index (χ0n) is 16.6. The molecule has 0 heterocycles. The second-order valence-electron chi connectivity index (χ2n) is 8.01. The molecule has 0 N–H and O–H groups in total. The Bertz CT molecular complexity index is 616. The minimum Gasteiger partial charge on any atom is -0.290 e. The molecule has 0 aliphatic carbocycles. The maximum absolute atomic E-state index is 6.66. The Morgan fingerprint density at radius 1 is 0.840 bits per heavy atom. The van der Waals surface area contributed by atoms with E-state index in [9.17, 15) is 0 Å². The van der Waals surface area contributed by atoms with Gasteiger partial charge in [0.1, 0.15) is 6.10 Å². The second kappa shape index (κ2) is 8.64. The summed E-state index contributed by atoms with van der Waals surface area (Å²) in [6.45, 7) is 13.4. The smallest absolute Gasteiger partial charge is 0.104 e. The molecule has 0 saturated carbocycles. The van der Waals surface area contributed by atoms with Crippen molar-refractivity contribution < 1.29 is 4.84 Å². The first-order chi connectivity index (χ1) is 11.8. The number of hydrogen-bond donors (Lipinski definition) is 0. The molecule has 0 aliphatic rings. The molecule has 0 fully saturated rings. The lowest BCUT2D eigenvalue weighted by Gasteiger charge is -2.44. The van der Waals surface area contributed by atoms with Gasteiger partial charge in [0.15, 0.2) is 0 Å². The molecule has 2 atom stereocenters. The summed E-state index contributed by atoms with van der Waals surface area (Å²) in [7, 11) is 0. The van der Waals surface area contributed by atoms with E-state index in [-0.39, 0.29) is 17.7 Å². The van der Waals surface area contributed by atoms with Crippen LogP contribution in [0.2, 0.25) is 0 Å². The van der Waals surface area contributed by atoms with Crippen LogP contribution in [-0.4, -0.2) is 10.6 Å². The van der Waals surface area contributed by atoms with Crippen molar-refractivity contribution in [2.24, 2.45) is 5.92 Å². The minimum atomic E-state index is -0.104. The predicted octanol–water partition coefficient (Wildman–Crippen LogP) is 6.57. The number of nitrogens with zero attached hydrogens (tertiary/aromatic N) is 1. The van der Waals surface area contributed by atoms with Crippen molar-refractivity contribution in [2.45, 2.75) is 65.6 Å². The molecule has 0 spiro atoms. The van der Waals surface area contributed by atoms with Crippen LogP contribution in [0.4, 0.5) is 0 Å². The van der Waals surface area contributed by atoms with Gasteiger partial charge >= 0.3 is 0 Å². The lowest BCUT2D eigenvalue weighted by atomic mass is 9.92. The first-order valence-electron chi connectivity index (χ1n) is 9.40. The molecule has 2 heteroatoms. The SMILES string of the molecule is CCC(ON(C(c1ccccc1)C(C)C)C(C)(C)C)c1ccccc1. The third-order valence-corrected chi connectivity index (χ3v) is 4.47. The fourth-order valence-corrected chi connectivity index (χ4v) is 3.26. The van der Waals surface area contributed by atoms with Crippen LogP contribution in [0.25, 0.3) is 0 Å². The molecule has 0 radical (unpaired) electrons. The van der Waals surface area contributed by atoms with Crippen molar-refractivity contribution in [3.8, 4) is 0 Å². The highest BCUT2D eigenvalue weighted by Gasteiger charge is 2.35. The summed E-state index contributed by atoms with van der Waals surface area (Å²) in [5.41, 5.74) is 2.43. The normalized spacial score (nSPS) is 14.7. The molecule has 2 nitrogen and oxygen atoms in total. The summed E-state index contributed by atoms with van der Waals surface area (Å²) in [6, 6.07) is 21.4. The predicted molar refractivity (Wildman–Crippen MR) is 106 cm³/mol. The third kappa shape index (κ3) is 5.17. The second-order valence-corrected chi connectivity index (χ2v) is 8.01. The maximum atomic E-state index is 6.66. The summed E-state index contributed by atoms with van der Waals surface area (Å²) in [5.74, 6) is 0.440. The minimum absolute atomic E-state index is 0.0605. The molecule has 2 aromatic carbocycles. The molecule has 0 saturated heterocycles. The van der Waals surface area contributed by atoms with E-state index in [1.54, 1.807) is 0 Å². The van der Waals surface area contributed by atoms with Gasteiger partial charge in [-0.15, -0.1) is 0 Å². The van der Waals surface area contributed by atoms with Crippen LogP contribution in [0.5, 0.6) is 0 Å². The van der Waals surface area contributed by atoms with Crippen molar-refractivity contribution >= 4 is 0 Å². The summed E-state index contributed by atoms with van der Waals surface area (Å²) < 4.78 is 0. The van der Waals surface area contributed by atoms with Crippen molar-refractivity contribution in [1.29, 1.82) is 0 Å². The van der Waals surface area contributed by atoms with E-state index in [1.165, 1.54) is 11.1 Å². The van der Waals surface area contributed by atoms with Crippen LogP contribution in [0.15, 0.2) is 60.7 Å². The first-order valence-corrected chi connectivity index (χ1v) is 9.40. The van der Waals surface area contributed by atoms with Crippen molar-refractivity contribution in [3.05, 3.63) is 71.8 Å². The molecule has 0 aromatic heterocycles. The lowest BCUT2D eigenvalue weighted by Crippen LogP contribution is -2.46. The summed E-state index contributed by atoms with van der Waals surface area (Å²) >= 11 is 0. The molecule has 2 aromatic rings. The van der Waals surface area contributed by atoms with Gasteiger partial charge in [-0.05, 0) is 44.2 Å². The molecule has 25 heavy (non-hydrogen) atoms. The van der Waals surface area contributed by atoms with Crippen LogP contribution >= 0.6 is 0 Å². The summed E-state index contributed by atoms with van der Waals surface area (Å²) in [4.78, 5) is 6.66. The van der Waals surface area contributed by atoms with Gasteiger partial charge in [0.2, 0.25) is 0 Å². The fourth-order valence-electron chi connectivity index (χ4n) is 3.26. The van der Waals surface area contributed by atoms with Crippen LogP contribution in [0.3, 0.4) is 0 Å². The highest BCUT2D eigenvalue weighted by atomic mass is 16.7. The Hall–Kier alpha value is -1.64. The van der Waals surface area contributed by atoms with E-state index >= 15 is 0 Å². The topological polar surface area (TPSA) is 12.5 Å². The highest BCUT2D eigenvalue weighted by molar-refractivity contribution is 5.20. The molecule has 2 unspecified atom stereocenters. The van der Waals surface area contributed by atoms with Gasteiger partial charge < -0.3 is 0 Å². The Morgan fingerprint density at radius 2 is 1.32 bits per heavy atom. The Morgan fingerprint density at radius 3 is 1.72 bits per heavy atom. The van der Waals surface area contributed by atoms with Gasteiger partial charge in [0, 0.05) is 5.54 Å². The summed E-state index contributed by atoms with van der Waals surface area (Å²) in [6.07, 6.45) is 1.00. The number of hydrogen-bond acceptors (Lipinski definition) is 2. The maximum Gasteiger partial charge on any atom is 0.104 e. The number of hydroxylamine groups is 2. The van der Waals surface area contributed by atoms with E-state index < -0.39 is 0 Å². The van der Waals surface area contributed by atoms with Gasteiger partial charge in [-0.1, -0.05) is 81.4 Å². The lowest BCUT2D eigenvalue weighted by molar-refractivity contribution is -0.276. The van der Waals surface area contributed by atoms with Crippen LogP contribution < -0.4 is 0 Å². The fraction of sp³-hybridized carbons (Fsp3) is 0.478. The van der Waals surface area contributed by atoms with E-state index in [0.717, 1.165) is 6.42 Å². The van der Waals surface area contributed by atoms with E-state index in [0.29, 0.717) is 5.92 Å². The molecule has 136 valence electrons. The van der Waals surface area contributed by atoms with Gasteiger partial charge in [-0.3, -0.25) is 4.84 Å². The van der Waals surface area contributed by atoms with Gasteiger partial charge in [0.25, 0.3) is 0 Å². The van der Waals surface area contributed by atoms with E-state index in [2.05, 4.69) is 107 Å². The van der Waals surface area contributed by atoms with Gasteiger partial charge in [-0.2, -0.15) is 5.06 Å². The quantitative estimate of drug-likeness (QED) is 0.529. The Balaban J connectivity index is 2.37. The number of benzene rings is 2. The van der Waals surface area contributed by atoms with Gasteiger partial charge in [0.05, 0.1) is 6.04 Å². The molecule has 0 bridgehead atoms. The summed E-state index contributed by atoms with van der Waals surface area (Å²) in [5, 5.41) is 2.22. The van der Waals surface area contributed by atoms with Crippen molar-refractivity contribution in [3.63, 3.8) is 0 Å². The van der Waals surface area contributed by atoms with Crippen molar-refractivity contribution in [2.75, 3.05) is 0 Å². The average molecular weight is 340 g/mol. The van der Waals surface area contributed by atoms with Crippen LogP contribution in [-0.2, 0) is 4.84 Å². The third-order valence-electron chi connectivity index (χ3n) is 4.47. The number of rotatable bonds is 7. The average Bonchev–Trinajstić information content (AvgIpc) is 2.58. The highest BCUT2D eigenvalue weighted by Crippen LogP contribution is 2.37. The van der Waals surface area contributed by atoms with E-state index in [4.69, 9.17) is 4.84 Å². The monoisotopic (exact) mass is 339 g/mol. The van der Waals surface area contributed by atoms with Crippen LogP contribution in [0.1, 0.15) is 71.2 Å². The molecule has 0 amide bonds. The molecular weight excluding hydrogens is 306 g/mol. The standard InChI is InChI=1S/C23H33NO/c1-7-21(19-14-10-8-11-15-19)25-24(23(4,5)6)22(18(2)3)20-16-12-9-13-17-20/h8-18,21-22H,7H2,1-6H3. The Kier molecular flexibility index (Phi) is 6.80.